The second kappa shape index (κ2) is 7.97. The van der Waals surface area contributed by atoms with E-state index in [1.807, 2.05) is 0 Å². The number of carbonyl (C=O) groups is 3. The number of ether oxygens (including phenoxy) is 1. The molecule has 1 aliphatic carbocycles. The summed E-state index contributed by atoms with van der Waals surface area (Å²) in [7, 11) is 1.53. The molecule has 7 nitrogen and oxygen atoms in total. The van der Waals surface area contributed by atoms with Gasteiger partial charge in [-0.05, 0) is 25.2 Å². The summed E-state index contributed by atoms with van der Waals surface area (Å²) in [6, 6.07) is -0.577. The van der Waals surface area contributed by atoms with Crippen LogP contribution in [0.4, 0.5) is 4.79 Å². The molecule has 7 heteroatoms. The van der Waals surface area contributed by atoms with Crippen LogP contribution in [0, 0.1) is 5.41 Å². The highest BCUT2D eigenvalue weighted by atomic mass is 16.5. The summed E-state index contributed by atoms with van der Waals surface area (Å²) in [6.07, 6.45) is 3.20. The van der Waals surface area contributed by atoms with Crippen LogP contribution in [-0.4, -0.2) is 42.8 Å². The zero-order chi connectivity index (χ0) is 15.9. The predicted molar refractivity (Wildman–Crippen MR) is 75.8 cm³/mol. The summed E-state index contributed by atoms with van der Waals surface area (Å²) in [5.74, 6) is -1.33. The van der Waals surface area contributed by atoms with Crippen LogP contribution in [0.5, 0.6) is 0 Å². The number of aliphatic carboxylic acids is 1. The normalized spacial score (nSPS) is 18.0. The van der Waals surface area contributed by atoms with E-state index in [0.717, 1.165) is 25.7 Å². The third kappa shape index (κ3) is 6.12. The predicted octanol–water partition coefficient (Wildman–Crippen LogP) is 1.27. The van der Waals surface area contributed by atoms with Gasteiger partial charge in [-0.2, -0.15) is 0 Å². The number of carboxylic acid groups (broad SMARTS) is 1. The maximum atomic E-state index is 11.9. The highest BCUT2D eigenvalue weighted by Gasteiger charge is 2.38. The molecule has 0 bridgehead atoms. The first kappa shape index (κ1) is 17.4. The minimum Gasteiger partial charge on any atom is -0.481 e. The van der Waals surface area contributed by atoms with E-state index >= 15 is 0 Å². The Hall–Kier alpha value is -1.63. The number of methoxy groups -OCH3 is 1. The SMILES string of the molecule is COC(C)CNC(=O)NC(=O)CC1(CC(=O)O)CCCC1. The average molecular weight is 300 g/mol. The fourth-order valence-corrected chi connectivity index (χ4v) is 2.74. The highest BCUT2D eigenvalue weighted by Crippen LogP contribution is 2.43. The Morgan fingerprint density at radius 2 is 1.86 bits per heavy atom. The second-order valence-electron chi connectivity index (χ2n) is 5.76. The van der Waals surface area contributed by atoms with Crippen LogP contribution in [0.2, 0.25) is 0 Å². The Morgan fingerprint density at radius 3 is 2.38 bits per heavy atom. The molecule has 1 saturated carbocycles. The van der Waals surface area contributed by atoms with Gasteiger partial charge in [-0.15, -0.1) is 0 Å². The maximum absolute atomic E-state index is 11.9. The van der Waals surface area contributed by atoms with Gasteiger partial charge in [0.2, 0.25) is 5.91 Å². The number of nitrogens with one attached hydrogen (secondary N) is 2. The third-order valence-corrected chi connectivity index (χ3v) is 3.93. The molecule has 0 saturated heterocycles. The number of carbonyl (C=O) groups excluding carboxylic acids is 2. The van der Waals surface area contributed by atoms with Crippen LogP contribution in [0.25, 0.3) is 0 Å². The molecule has 3 N–H and O–H groups in total. The Kier molecular flexibility index (Phi) is 6.61. The van der Waals surface area contributed by atoms with Gasteiger partial charge >= 0.3 is 12.0 Å². The molecule has 1 atom stereocenters. The Balaban J connectivity index is 2.43. The topological polar surface area (TPSA) is 105 Å². The first-order chi connectivity index (χ1) is 9.87. The summed E-state index contributed by atoms with van der Waals surface area (Å²) in [4.78, 5) is 34.4. The molecule has 0 radical (unpaired) electrons. The number of urea groups is 1. The lowest BCUT2D eigenvalue weighted by molar-refractivity contribution is -0.140. The van der Waals surface area contributed by atoms with Crippen molar-refractivity contribution >= 4 is 17.9 Å². The van der Waals surface area contributed by atoms with Crippen molar-refractivity contribution in [3.8, 4) is 0 Å². The van der Waals surface area contributed by atoms with Gasteiger partial charge < -0.3 is 15.2 Å². The molecule has 0 spiro atoms. The van der Waals surface area contributed by atoms with Crippen LogP contribution in [0.3, 0.4) is 0 Å². The molecule has 0 aromatic heterocycles. The van der Waals surface area contributed by atoms with Crippen LogP contribution in [0.15, 0.2) is 0 Å². The van der Waals surface area contributed by atoms with E-state index in [0.29, 0.717) is 6.54 Å². The van der Waals surface area contributed by atoms with Crippen LogP contribution >= 0.6 is 0 Å². The molecule has 1 rings (SSSR count). The lowest BCUT2D eigenvalue weighted by Crippen LogP contribution is -2.43. The molecule has 1 unspecified atom stereocenters. The standard InChI is InChI=1S/C14H24N2O5/c1-10(21-2)9-15-13(20)16-11(17)7-14(8-12(18)19)5-3-4-6-14/h10H,3-9H2,1-2H3,(H,18,19)(H2,15,16,17,20). The number of hydrogen-bond acceptors (Lipinski definition) is 4. The first-order valence-electron chi connectivity index (χ1n) is 7.19. The Bertz CT molecular complexity index is 391. The third-order valence-electron chi connectivity index (χ3n) is 3.93. The van der Waals surface area contributed by atoms with Gasteiger partial charge in [-0.25, -0.2) is 4.79 Å². The summed E-state index contributed by atoms with van der Waals surface area (Å²) in [5, 5.41) is 13.8. The minimum atomic E-state index is -0.900. The lowest BCUT2D eigenvalue weighted by Gasteiger charge is -2.26. The van der Waals surface area contributed by atoms with Crippen molar-refractivity contribution in [2.45, 2.75) is 51.6 Å². The van der Waals surface area contributed by atoms with Crippen molar-refractivity contribution in [3.05, 3.63) is 0 Å². The summed E-state index contributed by atoms with van der Waals surface area (Å²) in [5.41, 5.74) is -0.504. The van der Waals surface area contributed by atoms with E-state index in [9.17, 15) is 14.4 Å². The molecule has 0 aromatic carbocycles. The molecule has 0 aliphatic heterocycles. The van der Waals surface area contributed by atoms with E-state index in [4.69, 9.17) is 9.84 Å². The zero-order valence-corrected chi connectivity index (χ0v) is 12.6. The first-order valence-corrected chi connectivity index (χ1v) is 7.19. The van der Waals surface area contributed by atoms with Crippen molar-refractivity contribution in [1.29, 1.82) is 0 Å². The molecule has 0 heterocycles. The molecule has 1 fully saturated rings. The smallest absolute Gasteiger partial charge is 0.321 e. The van der Waals surface area contributed by atoms with Crippen molar-refractivity contribution < 1.29 is 24.2 Å². The van der Waals surface area contributed by atoms with E-state index in [2.05, 4.69) is 10.6 Å². The van der Waals surface area contributed by atoms with E-state index < -0.39 is 23.3 Å². The molecular formula is C14H24N2O5. The van der Waals surface area contributed by atoms with Gasteiger partial charge in [0.05, 0.1) is 12.5 Å². The van der Waals surface area contributed by atoms with Gasteiger partial charge in [0.15, 0.2) is 0 Å². The number of carboxylic acids is 1. The van der Waals surface area contributed by atoms with Crippen LogP contribution in [0.1, 0.15) is 45.4 Å². The van der Waals surface area contributed by atoms with Crippen molar-refractivity contribution in [2.24, 2.45) is 5.41 Å². The number of rotatable bonds is 7. The number of hydrogen-bond donors (Lipinski definition) is 3. The fraction of sp³-hybridized carbons (Fsp3) is 0.786. The Morgan fingerprint density at radius 1 is 1.24 bits per heavy atom. The fourth-order valence-electron chi connectivity index (χ4n) is 2.74. The van der Waals surface area contributed by atoms with Crippen LogP contribution in [-0.2, 0) is 14.3 Å². The van der Waals surface area contributed by atoms with Gasteiger partial charge in [0, 0.05) is 20.1 Å². The van der Waals surface area contributed by atoms with E-state index in [1.165, 1.54) is 7.11 Å². The second-order valence-corrected chi connectivity index (χ2v) is 5.76. The monoisotopic (exact) mass is 300 g/mol. The van der Waals surface area contributed by atoms with Gasteiger partial charge in [-0.1, -0.05) is 12.8 Å². The van der Waals surface area contributed by atoms with Crippen LogP contribution < -0.4 is 10.6 Å². The average Bonchev–Trinajstić information content (AvgIpc) is 2.82. The quantitative estimate of drug-likeness (QED) is 0.657. The zero-order valence-electron chi connectivity index (χ0n) is 12.6. The van der Waals surface area contributed by atoms with Gasteiger partial charge in [-0.3, -0.25) is 14.9 Å². The number of amides is 3. The van der Waals surface area contributed by atoms with E-state index in [-0.39, 0.29) is 18.9 Å². The lowest BCUT2D eigenvalue weighted by atomic mass is 9.79. The minimum absolute atomic E-state index is 0.0251. The summed E-state index contributed by atoms with van der Waals surface area (Å²) in [6.45, 7) is 2.10. The highest BCUT2D eigenvalue weighted by molar-refractivity contribution is 5.94. The molecule has 21 heavy (non-hydrogen) atoms. The molecule has 3 amide bonds. The van der Waals surface area contributed by atoms with Crippen molar-refractivity contribution in [3.63, 3.8) is 0 Å². The molecule has 120 valence electrons. The molecule has 0 aromatic rings. The summed E-state index contributed by atoms with van der Waals surface area (Å²) >= 11 is 0. The molecule has 1 aliphatic rings. The van der Waals surface area contributed by atoms with Crippen molar-refractivity contribution in [1.82, 2.24) is 10.6 Å². The van der Waals surface area contributed by atoms with Gasteiger partial charge in [0.1, 0.15) is 0 Å². The largest absolute Gasteiger partial charge is 0.481 e. The maximum Gasteiger partial charge on any atom is 0.321 e. The molecular weight excluding hydrogens is 276 g/mol. The Labute approximate surface area is 124 Å². The van der Waals surface area contributed by atoms with Gasteiger partial charge in [0.25, 0.3) is 0 Å². The van der Waals surface area contributed by atoms with E-state index in [1.54, 1.807) is 6.92 Å². The number of imide groups is 1. The summed E-state index contributed by atoms with van der Waals surface area (Å²) < 4.78 is 4.98. The van der Waals surface area contributed by atoms with Crippen molar-refractivity contribution in [2.75, 3.05) is 13.7 Å².